The van der Waals surface area contributed by atoms with Crippen LogP contribution in [0.2, 0.25) is 0 Å². The number of esters is 1. The largest absolute Gasteiger partial charge is 0.463 e. The molecular weight excluding hydrogens is 342 g/mol. The van der Waals surface area contributed by atoms with E-state index in [2.05, 4.69) is 19.9 Å². The van der Waals surface area contributed by atoms with Gasteiger partial charge < -0.3 is 9.47 Å². The molecule has 0 fully saturated rings. The average molecular weight is 373 g/mol. The average Bonchev–Trinajstić information content (AvgIpc) is 2.95. The van der Waals surface area contributed by atoms with Gasteiger partial charge in [-0.1, -0.05) is 19.9 Å². The molecule has 1 aliphatic heterocycles. The summed E-state index contributed by atoms with van der Waals surface area (Å²) in [5, 5.41) is 0. The molecule has 1 aliphatic rings. The number of allylic oxidation sites excluding steroid dienone is 1. The van der Waals surface area contributed by atoms with E-state index in [1.165, 1.54) is 0 Å². The molecule has 0 saturated heterocycles. The summed E-state index contributed by atoms with van der Waals surface area (Å²) in [5.41, 5.74) is 3.42. The number of hydrogen-bond donors (Lipinski definition) is 0. The van der Waals surface area contributed by atoms with Crippen LogP contribution in [0.4, 0.5) is 10.5 Å². The molecule has 0 radical (unpaired) electrons. The number of carbonyl (C=O) groups excluding carboxylic acids is 2. The molecule has 1 aromatic carbocycles. The number of hydrogen-bond acceptors (Lipinski definition) is 4. The normalized spacial score (nSPS) is 14.3. The monoisotopic (exact) mass is 373 g/mol. The SMILES string of the molecule is CCOC(=O)C=C(CC(C)C)c1ccc2c(c1)CCN2C(=O)OC(C)(C)C. The number of rotatable bonds is 5. The molecule has 0 bridgehead atoms. The van der Waals surface area contributed by atoms with Crippen LogP contribution in [0.3, 0.4) is 0 Å². The molecule has 1 heterocycles. The van der Waals surface area contributed by atoms with E-state index in [9.17, 15) is 9.59 Å². The molecule has 0 aliphatic carbocycles. The maximum Gasteiger partial charge on any atom is 0.414 e. The van der Waals surface area contributed by atoms with Crippen molar-refractivity contribution in [3.63, 3.8) is 0 Å². The molecule has 0 spiro atoms. The smallest absolute Gasteiger partial charge is 0.414 e. The molecule has 148 valence electrons. The maximum atomic E-state index is 12.4. The van der Waals surface area contributed by atoms with Crippen LogP contribution in [0, 0.1) is 5.92 Å². The molecule has 0 aromatic heterocycles. The predicted molar refractivity (Wildman–Crippen MR) is 108 cm³/mol. The van der Waals surface area contributed by atoms with Gasteiger partial charge in [-0.3, -0.25) is 4.90 Å². The van der Waals surface area contributed by atoms with Crippen molar-refractivity contribution in [1.29, 1.82) is 0 Å². The van der Waals surface area contributed by atoms with Crippen LogP contribution in [0.15, 0.2) is 24.3 Å². The summed E-state index contributed by atoms with van der Waals surface area (Å²) >= 11 is 0. The third kappa shape index (κ3) is 5.84. The number of ether oxygens (including phenoxy) is 2. The van der Waals surface area contributed by atoms with Gasteiger partial charge in [0, 0.05) is 12.6 Å². The third-order valence-corrected chi connectivity index (χ3v) is 4.17. The summed E-state index contributed by atoms with van der Waals surface area (Å²) in [5.74, 6) is 0.0984. The van der Waals surface area contributed by atoms with Gasteiger partial charge in [0.2, 0.25) is 0 Å². The van der Waals surface area contributed by atoms with Gasteiger partial charge in [-0.25, -0.2) is 9.59 Å². The van der Waals surface area contributed by atoms with Gasteiger partial charge in [0.25, 0.3) is 0 Å². The fourth-order valence-corrected chi connectivity index (χ4v) is 3.13. The van der Waals surface area contributed by atoms with Crippen molar-refractivity contribution in [3.05, 3.63) is 35.4 Å². The molecule has 5 nitrogen and oxygen atoms in total. The van der Waals surface area contributed by atoms with E-state index in [1.54, 1.807) is 17.9 Å². The number of amides is 1. The number of fused-ring (bicyclic) bond motifs is 1. The Labute approximate surface area is 162 Å². The number of carbonyl (C=O) groups is 2. The van der Waals surface area contributed by atoms with E-state index >= 15 is 0 Å². The standard InChI is InChI=1S/C22H31NO4/c1-7-26-20(24)14-18(12-15(2)3)16-8-9-19-17(13-16)10-11-23(19)21(25)27-22(4,5)6/h8-9,13-15H,7,10-12H2,1-6H3. The highest BCUT2D eigenvalue weighted by Gasteiger charge is 2.29. The summed E-state index contributed by atoms with van der Waals surface area (Å²) in [7, 11) is 0. The minimum absolute atomic E-state index is 0.316. The van der Waals surface area contributed by atoms with E-state index in [0.29, 0.717) is 19.1 Å². The second-order valence-corrected chi connectivity index (χ2v) is 8.25. The van der Waals surface area contributed by atoms with Crippen LogP contribution in [0.25, 0.3) is 5.57 Å². The van der Waals surface area contributed by atoms with Crippen molar-refractivity contribution >= 4 is 23.3 Å². The second-order valence-electron chi connectivity index (χ2n) is 8.25. The molecule has 0 atom stereocenters. The van der Waals surface area contributed by atoms with Crippen LogP contribution in [0.5, 0.6) is 0 Å². The van der Waals surface area contributed by atoms with Gasteiger partial charge in [0.15, 0.2) is 0 Å². The van der Waals surface area contributed by atoms with Crippen LogP contribution in [-0.4, -0.2) is 30.8 Å². The van der Waals surface area contributed by atoms with Gasteiger partial charge >= 0.3 is 12.1 Å². The summed E-state index contributed by atoms with van der Waals surface area (Å²) < 4.78 is 10.6. The highest BCUT2D eigenvalue weighted by Crippen LogP contribution is 2.33. The zero-order valence-electron chi connectivity index (χ0n) is 17.3. The first-order chi connectivity index (χ1) is 12.6. The first kappa shape index (κ1) is 21.0. The van der Waals surface area contributed by atoms with Crippen molar-refractivity contribution in [2.45, 2.75) is 60.0 Å². The Kier molecular flexibility index (Phi) is 6.68. The Hall–Kier alpha value is -2.30. The lowest BCUT2D eigenvalue weighted by molar-refractivity contribution is -0.137. The first-order valence-electron chi connectivity index (χ1n) is 9.62. The van der Waals surface area contributed by atoms with E-state index in [-0.39, 0.29) is 12.1 Å². The van der Waals surface area contributed by atoms with E-state index in [4.69, 9.17) is 9.47 Å². The summed E-state index contributed by atoms with van der Waals surface area (Å²) in [6.45, 7) is 12.6. The Morgan fingerprint density at radius 1 is 1.26 bits per heavy atom. The molecular formula is C22H31NO4. The van der Waals surface area contributed by atoms with Crippen molar-refractivity contribution in [2.24, 2.45) is 5.92 Å². The molecule has 1 amide bonds. The van der Waals surface area contributed by atoms with Gasteiger partial charge in [0.1, 0.15) is 5.60 Å². The van der Waals surface area contributed by atoms with Gasteiger partial charge in [-0.2, -0.15) is 0 Å². The number of benzene rings is 1. The minimum atomic E-state index is -0.521. The van der Waals surface area contributed by atoms with Crippen LogP contribution in [-0.2, 0) is 20.7 Å². The molecule has 27 heavy (non-hydrogen) atoms. The number of nitrogens with zero attached hydrogens (tertiary/aromatic N) is 1. The summed E-state index contributed by atoms with van der Waals surface area (Å²) in [6, 6.07) is 5.99. The summed E-state index contributed by atoms with van der Waals surface area (Å²) in [4.78, 5) is 26.1. The quantitative estimate of drug-likeness (QED) is 0.540. The number of anilines is 1. The van der Waals surface area contributed by atoms with Crippen LogP contribution >= 0.6 is 0 Å². The molecule has 0 N–H and O–H groups in total. The lowest BCUT2D eigenvalue weighted by atomic mass is 9.94. The zero-order chi connectivity index (χ0) is 20.2. The van der Waals surface area contributed by atoms with Crippen molar-refractivity contribution in [3.8, 4) is 0 Å². The summed E-state index contributed by atoms with van der Waals surface area (Å²) in [6.07, 6.45) is 2.83. The molecule has 1 aromatic rings. The Bertz CT molecular complexity index is 728. The van der Waals surface area contributed by atoms with Crippen molar-refractivity contribution in [2.75, 3.05) is 18.1 Å². The molecule has 5 heteroatoms. The highest BCUT2D eigenvalue weighted by molar-refractivity contribution is 5.93. The topological polar surface area (TPSA) is 55.8 Å². The lowest BCUT2D eigenvalue weighted by Gasteiger charge is -2.25. The Morgan fingerprint density at radius 3 is 2.56 bits per heavy atom. The maximum absolute atomic E-state index is 12.4. The third-order valence-electron chi connectivity index (χ3n) is 4.17. The lowest BCUT2D eigenvalue weighted by Crippen LogP contribution is -2.35. The predicted octanol–water partition coefficient (Wildman–Crippen LogP) is 4.98. The van der Waals surface area contributed by atoms with E-state index in [1.807, 2.05) is 32.9 Å². The second kappa shape index (κ2) is 8.59. The molecule has 0 unspecified atom stereocenters. The highest BCUT2D eigenvalue weighted by atomic mass is 16.6. The van der Waals surface area contributed by atoms with Crippen LogP contribution < -0.4 is 4.90 Å². The minimum Gasteiger partial charge on any atom is -0.463 e. The van der Waals surface area contributed by atoms with Crippen molar-refractivity contribution in [1.82, 2.24) is 0 Å². The first-order valence-corrected chi connectivity index (χ1v) is 9.62. The Morgan fingerprint density at radius 2 is 1.96 bits per heavy atom. The fourth-order valence-electron chi connectivity index (χ4n) is 3.13. The zero-order valence-corrected chi connectivity index (χ0v) is 17.3. The Balaban J connectivity index is 2.28. The fraction of sp³-hybridized carbons (Fsp3) is 0.545. The van der Waals surface area contributed by atoms with E-state index < -0.39 is 5.60 Å². The van der Waals surface area contributed by atoms with Gasteiger partial charge in [-0.05, 0) is 75.3 Å². The van der Waals surface area contributed by atoms with Gasteiger partial charge in [-0.15, -0.1) is 0 Å². The molecule has 0 saturated carbocycles. The van der Waals surface area contributed by atoms with Gasteiger partial charge in [0.05, 0.1) is 12.3 Å². The van der Waals surface area contributed by atoms with Crippen LogP contribution in [0.1, 0.15) is 59.1 Å². The van der Waals surface area contributed by atoms with Crippen molar-refractivity contribution < 1.29 is 19.1 Å². The van der Waals surface area contributed by atoms with E-state index in [0.717, 1.165) is 35.2 Å². The molecule has 2 rings (SSSR count).